The molecule has 1 saturated heterocycles. The first-order valence-corrected chi connectivity index (χ1v) is 11.5. The van der Waals surface area contributed by atoms with Gasteiger partial charge in [-0.25, -0.2) is 13.2 Å². The van der Waals surface area contributed by atoms with E-state index in [0.29, 0.717) is 29.4 Å². The van der Waals surface area contributed by atoms with Crippen molar-refractivity contribution in [1.82, 2.24) is 4.31 Å². The molecule has 0 amide bonds. The van der Waals surface area contributed by atoms with Crippen LogP contribution in [0, 0.1) is 0 Å². The van der Waals surface area contributed by atoms with Crippen LogP contribution in [0.5, 0.6) is 5.75 Å². The van der Waals surface area contributed by atoms with Crippen LogP contribution in [0.2, 0.25) is 5.02 Å². The minimum Gasteiger partial charge on any atom is -0.495 e. The van der Waals surface area contributed by atoms with E-state index in [0.717, 1.165) is 6.08 Å². The Balaban J connectivity index is 1.68. The Labute approximate surface area is 191 Å². The van der Waals surface area contributed by atoms with Gasteiger partial charge in [-0.3, -0.25) is 4.79 Å². The molecule has 1 heterocycles. The van der Waals surface area contributed by atoms with E-state index in [9.17, 15) is 18.0 Å². The highest BCUT2D eigenvalue weighted by Crippen LogP contribution is 2.28. The van der Waals surface area contributed by atoms with Crippen LogP contribution < -0.4 is 4.74 Å². The fraction of sp³-hybridized carbons (Fsp3) is 0.273. The predicted octanol–water partition coefficient (Wildman–Crippen LogP) is 2.81. The van der Waals surface area contributed by atoms with Gasteiger partial charge in [0.15, 0.2) is 12.4 Å². The smallest absolute Gasteiger partial charge is 0.331 e. The van der Waals surface area contributed by atoms with Crippen LogP contribution in [0.4, 0.5) is 0 Å². The second-order valence-corrected chi connectivity index (χ2v) is 9.14. The summed E-state index contributed by atoms with van der Waals surface area (Å²) < 4.78 is 42.8. The SMILES string of the molecule is COc1ccc(C=CC(=O)OCC(=O)c2ccc(Cl)cc2)cc1S(=O)(=O)N1CCOCC1. The first-order valence-electron chi connectivity index (χ1n) is 9.71. The Hall–Kier alpha value is -2.72. The zero-order valence-electron chi connectivity index (χ0n) is 17.3. The van der Waals surface area contributed by atoms with Gasteiger partial charge in [-0.15, -0.1) is 0 Å². The number of sulfonamides is 1. The Morgan fingerprint density at radius 2 is 1.81 bits per heavy atom. The Morgan fingerprint density at radius 3 is 2.47 bits per heavy atom. The molecule has 0 bridgehead atoms. The summed E-state index contributed by atoms with van der Waals surface area (Å²) in [6, 6.07) is 10.8. The third-order valence-electron chi connectivity index (χ3n) is 4.70. The number of ketones is 1. The molecule has 10 heteroatoms. The van der Waals surface area contributed by atoms with Crippen molar-refractivity contribution in [1.29, 1.82) is 0 Å². The van der Waals surface area contributed by atoms with Crippen LogP contribution in [0.15, 0.2) is 53.4 Å². The summed E-state index contributed by atoms with van der Waals surface area (Å²) in [6.45, 7) is 0.715. The number of esters is 1. The normalized spacial score (nSPS) is 14.9. The summed E-state index contributed by atoms with van der Waals surface area (Å²) in [4.78, 5) is 24.1. The van der Waals surface area contributed by atoms with E-state index in [2.05, 4.69) is 0 Å². The molecule has 0 aliphatic carbocycles. The molecule has 0 aromatic heterocycles. The molecule has 170 valence electrons. The quantitative estimate of drug-likeness (QED) is 0.326. The summed E-state index contributed by atoms with van der Waals surface area (Å²) in [5.74, 6) is -0.905. The van der Waals surface area contributed by atoms with E-state index in [1.807, 2.05) is 0 Å². The number of benzene rings is 2. The van der Waals surface area contributed by atoms with Crippen molar-refractivity contribution >= 4 is 39.5 Å². The van der Waals surface area contributed by atoms with Gasteiger partial charge in [-0.1, -0.05) is 17.7 Å². The highest BCUT2D eigenvalue weighted by Gasteiger charge is 2.29. The van der Waals surface area contributed by atoms with Crippen LogP contribution >= 0.6 is 11.6 Å². The number of morpholine rings is 1. The number of halogens is 1. The predicted molar refractivity (Wildman–Crippen MR) is 118 cm³/mol. The average molecular weight is 480 g/mol. The van der Waals surface area contributed by atoms with E-state index in [-0.39, 0.29) is 29.5 Å². The molecular formula is C22H22ClNO7S. The molecule has 8 nitrogen and oxygen atoms in total. The van der Waals surface area contributed by atoms with Gasteiger partial charge in [-0.2, -0.15) is 4.31 Å². The van der Waals surface area contributed by atoms with Crippen molar-refractivity contribution in [2.45, 2.75) is 4.90 Å². The number of carbonyl (C=O) groups excluding carboxylic acids is 2. The van der Waals surface area contributed by atoms with Crippen LogP contribution in [0.1, 0.15) is 15.9 Å². The van der Waals surface area contributed by atoms with Gasteiger partial charge >= 0.3 is 5.97 Å². The average Bonchev–Trinajstić information content (AvgIpc) is 2.82. The van der Waals surface area contributed by atoms with Crippen LogP contribution in [-0.2, 0) is 24.3 Å². The molecule has 2 aromatic rings. The van der Waals surface area contributed by atoms with Crippen molar-refractivity contribution in [2.75, 3.05) is 40.0 Å². The zero-order chi connectivity index (χ0) is 23.1. The second kappa shape index (κ2) is 10.7. The highest BCUT2D eigenvalue weighted by molar-refractivity contribution is 7.89. The second-order valence-electron chi connectivity index (χ2n) is 6.80. The van der Waals surface area contributed by atoms with Gasteiger partial charge in [0.25, 0.3) is 0 Å². The number of rotatable bonds is 8. The van der Waals surface area contributed by atoms with Crippen molar-refractivity contribution in [3.8, 4) is 5.75 Å². The lowest BCUT2D eigenvalue weighted by Gasteiger charge is -2.26. The number of hydrogen-bond acceptors (Lipinski definition) is 7. The molecule has 2 aromatic carbocycles. The molecule has 0 spiro atoms. The number of carbonyl (C=O) groups is 2. The molecule has 0 atom stereocenters. The summed E-state index contributed by atoms with van der Waals surface area (Å²) in [7, 11) is -2.41. The molecule has 32 heavy (non-hydrogen) atoms. The summed E-state index contributed by atoms with van der Waals surface area (Å²) in [5.41, 5.74) is 0.831. The minimum atomic E-state index is -3.80. The number of Topliss-reactive ketones (excluding diaryl/α,β-unsaturated/α-hetero) is 1. The number of hydrogen-bond donors (Lipinski definition) is 0. The van der Waals surface area contributed by atoms with E-state index >= 15 is 0 Å². The van der Waals surface area contributed by atoms with Gasteiger partial charge < -0.3 is 14.2 Å². The van der Waals surface area contributed by atoms with Crippen LogP contribution in [0.25, 0.3) is 6.08 Å². The van der Waals surface area contributed by atoms with Crippen molar-refractivity contribution in [3.05, 3.63) is 64.7 Å². The molecule has 0 unspecified atom stereocenters. The Kier molecular flexibility index (Phi) is 8.03. The zero-order valence-corrected chi connectivity index (χ0v) is 18.9. The monoisotopic (exact) mass is 479 g/mol. The van der Waals surface area contributed by atoms with Gasteiger partial charge in [0.1, 0.15) is 10.6 Å². The van der Waals surface area contributed by atoms with E-state index in [4.69, 9.17) is 25.8 Å². The van der Waals surface area contributed by atoms with Gasteiger partial charge in [0.05, 0.1) is 20.3 Å². The molecule has 0 radical (unpaired) electrons. The standard InChI is InChI=1S/C22H22ClNO7S/c1-29-20-8-2-16(14-21(20)32(27,28)24-10-12-30-13-11-24)3-9-22(26)31-15-19(25)17-4-6-18(23)7-5-17/h2-9,14H,10-13,15H2,1H3. The maximum atomic E-state index is 13.0. The first kappa shape index (κ1) is 23.9. The number of nitrogens with zero attached hydrogens (tertiary/aromatic N) is 1. The van der Waals surface area contributed by atoms with Gasteiger partial charge in [0.2, 0.25) is 10.0 Å². The van der Waals surface area contributed by atoms with Gasteiger partial charge in [-0.05, 0) is 48.0 Å². The largest absolute Gasteiger partial charge is 0.495 e. The molecule has 0 saturated carbocycles. The minimum absolute atomic E-state index is 0.00432. The fourth-order valence-electron chi connectivity index (χ4n) is 2.99. The fourth-order valence-corrected chi connectivity index (χ4v) is 4.72. The van der Waals surface area contributed by atoms with Crippen molar-refractivity contribution in [3.63, 3.8) is 0 Å². The Bertz CT molecular complexity index is 1110. The van der Waals surface area contributed by atoms with Crippen LogP contribution in [-0.4, -0.2) is 64.5 Å². The molecule has 0 N–H and O–H groups in total. The first-order chi connectivity index (χ1) is 15.3. The Morgan fingerprint density at radius 1 is 1.12 bits per heavy atom. The highest BCUT2D eigenvalue weighted by atomic mass is 35.5. The summed E-state index contributed by atoms with van der Waals surface area (Å²) >= 11 is 5.79. The molecule has 1 fully saturated rings. The lowest BCUT2D eigenvalue weighted by Crippen LogP contribution is -2.40. The molecule has 1 aliphatic rings. The number of ether oxygens (including phenoxy) is 3. The maximum absolute atomic E-state index is 13.0. The topological polar surface area (TPSA) is 99.2 Å². The number of methoxy groups -OCH3 is 1. The third-order valence-corrected chi connectivity index (χ3v) is 6.87. The van der Waals surface area contributed by atoms with Gasteiger partial charge in [0, 0.05) is 29.8 Å². The van der Waals surface area contributed by atoms with Crippen molar-refractivity contribution < 1.29 is 32.2 Å². The van der Waals surface area contributed by atoms with E-state index < -0.39 is 22.6 Å². The summed E-state index contributed by atoms with van der Waals surface area (Å²) in [5, 5.41) is 0.496. The van der Waals surface area contributed by atoms with Crippen LogP contribution in [0.3, 0.4) is 0 Å². The molecular weight excluding hydrogens is 458 g/mol. The molecule has 3 rings (SSSR count). The summed E-state index contributed by atoms with van der Waals surface area (Å²) in [6.07, 6.45) is 2.54. The lowest BCUT2D eigenvalue weighted by atomic mass is 10.1. The lowest BCUT2D eigenvalue weighted by molar-refractivity contribution is -0.136. The van der Waals surface area contributed by atoms with Crippen molar-refractivity contribution in [2.24, 2.45) is 0 Å². The molecule has 1 aliphatic heterocycles. The van der Waals surface area contributed by atoms with E-state index in [1.54, 1.807) is 30.3 Å². The third kappa shape index (κ3) is 5.95. The van der Waals surface area contributed by atoms with E-state index in [1.165, 1.54) is 29.6 Å². The maximum Gasteiger partial charge on any atom is 0.331 e.